The first-order valence-electron chi connectivity index (χ1n) is 12.5. The van der Waals surface area contributed by atoms with Gasteiger partial charge in [-0.1, -0.05) is 13.8 Å². The Bertz CT molecular complexity index is 1200. The minimum absolute atomic E-state index is 0.0431. The van der Waals surface area contributed by atoms with Crippen molar-refractivity contribution in [2.45, 2.75) is 32.8 Å². The Labute approximate surface area is 217 Å². The van der Waals surface area contributed by atoms with E-state index in [1.54, 1.807) is 19.1 Å². The fourth-order valence-corrected chi connectivity index (χ4v) is 4.28. The van der Waals surface area contributed by atoms with Gasteiger partial charge in [-0.05, 0) is 61.4 Å². The highest BCUT2D eigenvalue weighted by molar-refractivity contribution is 5.94. The van der Waals surface area contributed by atoms with Gasteiger partial charge in [0.05, 0.1) is 26.0 Å². The largest absolute Gasteiger partial charge is 0.497 e. The lowest BCUT2D eigenvalue weighted by molar-refractivity contribution is -0.139. The van der Waals surface area contributed by atoms with Crippen LogP contribution in [0.3, 0.4) is 0 Å². The molecule has 4 rings (SSSR count). The number of hydrogen-bond donors (Lipinski definition) is 1. The van der Waals surface area contributed by atoms with E-state index in [2.05, 4.69) is 5.32 Å². The molecule has 0 radical (unpaired) electrons. The molecule has 0 unspecified atom stereocenters. The van der Waals surface area contributed by atoms with Crippen LogP contribution in [0.2, 0.25) is 0 Å². The van der Waals surface area contributed by atoms with Gasteiger partial charge < -0.3 is 19.1 Å². The summed E-state index contributed by atoms with van der Waals surface area (Å²) in [6.45, 7) is 4.67. The fourth-order valence-electron chi connectivity index (χ4n) is 4.28. The van der Waals surface area contributed by atoms with Crippen LogP contribution in [0.25, 0.3) is 16.9 Å². The quantitative estimate of drug-likeness (QED) is 0.444. The highest BCUT2D eigenvalue weighted by Crippen LogP contribution is 2.27. The Morgan fingerprint density at radius 3 is 2.30 bits per heavy atom. The van der Waals surface area contributed by atoms with Crippen molar-refractivity contribution in [2.75, 3.05) is 39.2 Å². The third kappa shape index (κ3) is 6.48. The molecule has 1 aliphatic heterocycles. The number of nitrogens with zero attached hydrogens (tertiary/aromatic N) is 3. The van der Waals surface area contributed by atoms with Crippen LogP contribution in [-0.2, 0) is 14.3 Å². The molecule has 1 saturated heterocycles. The van der Waals surface area contributed by atoms with Gasteiger partial charge in [-0.2, -0.15) is 0 Å². The van der Waals surface area contributed by atoms with Crippen molar-refractivity contribution >= 4 is 17.8 Å². The lowest BCUT2D eigenvalue weighted by Gasteiger charge is -2.26. The summed E-state index contributed by atoms with van der Waals surface area (Å²) < 4.78 is 18.1. The first-order valence-corrected chi connectivity index (χ1v) is 12.5. The minimum atomic E-state index is -0.325. The maximum atomic E-state index is 13.2. The first-order chi connectivity index (χ1) is 17.9. The molecule has 1 N–H and O–H groups in total. The Hall–Kier alpha value is -3.85. The maximum absolute atomic E-state index is 13.2. The average Bonchev–Trinajstić information content (AvgIpc) is 3.58. The summed E-state index contributed by atoms with van der Waals surface area (Å²) in [6, 6.07) is 15.0. The molecule has 1 atom stereocenters. The predicted octanol–water partition coefficient (Wildman–Crippen LogP) is 4.16. The summed E-state index contributed by atoms with van der Waals surface area (Å²) in [4.78, 5) is 32.4. The fraction of sp³-hybridized carbons (Fsp3) is 0.393. The summed E-state index contributed by atoms with van der Waals surface area (Å²) in [5.74, 6) is 1.19. The number of aromatic nitrogens is 2. The molecule has 1 fully saturated rings. The summed E-state index contributed by atoms with van der Waals surface area (Å²) in [7, 11) is 3.23. The molecule has 2 amide bonds. The SMILES string of the molecule is COc1ccc(-c2cn(-c3ccc(OC)cc3)c(NC(=O)CN(C[C@@H]3CCCO3)C(=O)C(C)C)n2)cc1. The van der Waals surface area contributed by atoms with E-state index in [1.807, 2.05) is 73.1 Å². The molecule has 196 valence electrons. The van der Waals surface area contributed by atoms with Crippen LogP contribution in [0.4, 0.5) is 5.95 Å². The number of ether oxygens (including phenoxy) is 3. The number of benzene rings is 2. The molecule has 9 nitrogen and oxygen atoms in total. The van der Waals surface area contributed by atoms with Gasteiger partial charge in [0.1, 0.15) is 18.0 Å². The van der Waals surface area contributed by atoms with Gasteiger partial charge in [0.2, 0.25) is 17.8 Å². The molecule has 0 saturated carbocycles. The van der Waals surface area contributed by atoms with Gasteiger partial charge in [-0.15, -0.1) is 0 Å². The molecule has 9 heteroatoms. The van der Waals surface area contributed by atoms with Crippen LogP contribution in [0.5, 0.6) is 11.5 Å². The predicted molar refractivity (Wildman–Crippen MR) is 141 cm³/mol. The molecule has 37 heavy (non-hydrogen) atoms. The van der Waals surface area contributed by atoms with E-state index in [0.717, 1.165) is 35.6 Å². The molecule has 0 spiro atoms. The number of methoxy groups -OCH3 is 2. The second-order valence-electron chi connectivity index (χ2n) is 9.30. The van der Waals surface area contributed by atoms with Crippen molar-refractivity contribution in [3.8, 4) is 28.4 Å². The minimum Gasteiger partial charge on any atom is -0.497 e. The molecule has 0 bridgehead atoms. The molecular weight excluding hydrogens is 472 g/mol. The van der Waals surface area contributed by atoms with Crippen LogP contribution in [0, 0.1) is 5.92 Å². The molecule has 3 aromatic rings. The molecule has 2 aromatic carbocycles. The van der Waals surface area contributed by atoms with E-state index < -0.39 is 0 Å². The van der Waals surface area contributed by atoms with E-state index in [1.165, 1.54) is 0 Å². The number of anilines is 1. The summed E-state index contributed by atoms with van der Waals surface area (Å²) in [5.41, 5.74) is 2.36. The second kappa shape index (κ2) is 11.9. The number of amides is 2. The standard InChI is InChI=1S/C28H34N4O5/c1-19(2)27(34)31(16-24-6-5-15-37-24)18-26(33)30-28-29-25(20-7-11-22(35-3)12-8-20)17-32(28)21-9-13-23(36-4)14-10-21/h7-14,17,19,24H,5-6,15-16,18H2,1-4H3,(H,29,30,33)/t24-/m0/s1. The van der Waals surface area contributed by atoms with E-state index in [9.17, 15) is 9.59 Å². The lowest BCUT2D eigenvalue weighted by Crippen LogP contribution is -2.44. The van der Waals surface area contributed by atoms with Crippen LogP contribution in [0.15, 0.2) is 54.7 Å². The third-order valence-electron chi connectivity index (χ3n) is 6.28. The van der Waals surface area contributed by atoms with Gasteiger partial charge in [0.15, 0.2) is 0 Å². The van der Waals surface area contributed by atoms with E-state index in [0.29, 0.717) is 24.8 Å². The van der Waals surface area contributed by atoms with Crippen LogP contribution in [0.1, 0.15) is 26.7 Å². The van der Waals surface area contributed by atoms with Crippen LogP contribution < -0.4 is 14.8 Å². The zero-order valence-corrected chi connectivity index (χ0v) is 21.8. The monoisotopic (exact) mass is 506 g/mol. The molecule has 2 heterocycles. The molecule has 1 aliphatic rings. The highest BCUT2D eigenvalue weighted by Gasteiger charge is 2.26. The van der Waals surface area contributed by atoms with Crippen molar-refractivity contribution in [1.29, 1.82) is 0 Å². The molecule has 0 aliphatic carbocycles. The van der Waals surface area contributed by atoms with Crippen LogP contribution >= 0.6 is 0 Å². The van der Waals surface area contributed by atoms with Crippen molar-refractivity contribution in [2.24, 2.45) is 5.92 Å². The van der Waals surface area contributed by atoms with Crippen molar-refractivity contribution in [1.82, 2.24) is 14.5 Å². The Morgan fingerprint density at radius 2 is 1.73 bits per heavy atom. The van der Waals surface area contributed by atoms with E-state index >= 15 is 0 Å². The van der Waals surface area contributed by atoms with Gasteiger partial charge in [-0.3, -0.25) is 19.5 Å². The van der Waals surface area contributed by atoms with E-state index in [4.69, 9.17) is 19.2 Å². The number of hydrogen-bond acceptors (Lipinski definition) is 6. The Balaban J connectivity index is 1.60. The lowest BCUT2D eigenvalue weighted by atomic mass is 10.1. The van der Waals surface area contributed by atoms with Crippen molar-refractivity contribution in [3.63, 3.8) is 0 Å². The smallest absolute Gasteiger partial charge is 0.246 e. The normalized spacial score (nSPS) is 15.0. The Kier molecular flexibility index (Phi) is 8.45. The topological polar surface area (TPSA) is 94.9 Å². The second-order valence-corrected chi connectivity index (χ2v) is 9.30. The first kappa shape index (κ1) is 26.2. The summed E-state index contributed by atoms with van der Waals surface area (Å²) in [5, 5.41) is 2.92. The average molecular weight is 507 g/mol. The third-order valence-corrected chi connectivity index (χ3v) is 6.28. The zero-order valence-electron chi connectivity index (χ0n) is 21.8. The molecule has 1 aromatic heterocycles. The Morgan fingerprint density at radius 1 is 1.08 bits per heavy atom. The van der Waals surface area contributed by atoms with Gasteiger partial charge >= 0.3 is 0 Å². The van der Waals surface area contributed by atoms with Gasteiger partial charge in [0, 0.05) is 36.5 Å². The molecular formula is C28H34N4O5. The van der Waals surface area contributed by atoms with Gasteiger partial charge in [0.25, 0.3) is 0 Å². The van der Waals surface area contributed by atoms with Crippen molar-refractivity contribution < 1.29 is 23.8 Å². The number of carbonyl (C=O) groups excluding carboxylic acids is 2. The summed E-state index contributed by atoms with van der Waals surface area (Å²) >= 11 is 0. The summed E-state index contributed by atoms with van der Waals surface area (Å²) in [6.07, 6.45) is 3.67. The van der Waals surface area contributed by atoms with Crippen molar-refractivity contribution in [3.05, 3.63) is 54.7 Å². The zero-order chi connectivity index (χ0) is 26.4. The van der Waals surface area contributed by atoms with Crippen LogP contribution in [-0.4, -0.2) is 66.3 Å². The number of carbonyl (C=O) groups is 2. The maximum Gasteiger partial charge on any atom is 0.246 e. The number of rotatable bonds is 10. The number of imidazole rings is 1. The number of nitrogens with one attached hydrogen (secondary N) is 1. The van der Waals surface area contributed by atoms with E-state index in [-0.39, 0.29) is 30.4 Å². The highest BCUT2D eigenvalue weighted by atomic mass is 16.5. The van der Waals surface area contributed by atoms with Gasteiger partial charge in [-0.25, -0.2) is 4.98 Å².